The molecule has 82 valence electrons. The van der Waals surface area contributed by atoms with Gasteiger partial charge in [0.15, 0.2) is 0 Å². The smallest absolute Gasteiger partial charge is 0.226 e. The SMILES string of the molecule is Cl.O=C([C@@H]1CCCNC1)N1CCCC1. The Morgan fingerprint density at radius 2 is 1.93 bits per heavy atom. The van der Waals surface area contributed by atoms with E-state index in [4.69, 9.17) is 0 Å². The van der Waals surface area contributed by atoms with Crippen LogP contribution in [0, 0.1) is 5.92 Å². The zero-order valence-corrected chi connectivity index (χ0v) is 9.31. The van der Waals surface area contributed by atoms with E-state index in [1.54, 1.807) is 0 Å². The lowest BCUT2D eigenvalue weighted by atomic mass is 9.98. The number of piperidine rings is 1. The normalized spacial score (nSPS) is 27.1. The Morgan fingerprint density at radius 1 is 1.21 bits per heavy atom. The monoisotopic (exact) mass is 218 g/mol. The van der Waals surface area contributed by atoms with E-state index in [1.807, 2.05) is 4.90 Å². The summed E-state index contributed by atoms with van der Waals surface area (Å²) in [6, 6.07) is 0. The molecule has 0 unspecified atom stereocenters. The quantitative estimate of drug-likeness (QED) is 0.713. The molecule has 0 aromatic carbocycles. The van der Waals surface area contributed by atoms with Crippen LogP contribution < -0.4 is 5.32 Å². The van der Waals surface area contributed by atoms with E-state index in [2.05, 4.69) is 5.32 Å². The molecular formula is C10H19ClN2O. The molecule has 2 fully saturated rings. The summed E-state index contributed by atoms with van der Waals surface area (Å²) in [7, 11) is 0. The Balaban J connectivity index is 0.000000980. The number of carbonyl (C=O) groups excluding carboxylic acids is 1. The van der Waals surface area contributed by atoms with Crippen LogP contribution in [0.15, 0.2) is 0 Å². The number of hydrogen-bond acceptors (Lipinski definition) is 2. The van der Waals surface area contributed by atoms with E-state index in [9.17, 15) is 4.79 Å². The van der Waals surface area contributed by atoms with Crippen LogP contribution in [0.3, 0.4) is 0 Å². The van der Waals surface area contributed by atoms with E-state index in [1.165, 1.54) is 12.8 Å². The summed E-state index contributed by atoms with van der Waals surface area (Å²) in [4.78, 5) is 13.9. The molecule has 1 amide bonds. The van der Waals surface area contributed by atoms with Crippen molar-refractivity contribution < 1.29 is 4.79 Å². The summed E-state index contributed by atoms with van der Waals surface area (Å²) < 4.78 is 0. The fourth-order valence-corrected chi connectivity index (χ4v) is 2.26. The molecule has 2 heterocycles. The average molecular weight is 219 g/mol. The largest absolute Gasteiger partial charge is 0.342 e. The van der Waals surface area contributed by atoms with E-state index in [-0.39, 0.29) is 18.3 Å². The molecule has 0 saturated carbocycles. The van der Waals surface area contributed by atoms with Crippen molar-refractivity contribution in [1.29, 1.82) is 0 Å². The van der Waals surface area contributed by atoms with Gasteiger partial charge in [0.2, 0.25) is 5.91 Å². The molecule has 0 bridgehead atoms. The molecule has 14 heavy (non-hydrogen) atoms. The predicted octanol–water partition coefficient (Wildman–Crippen LogP) is 1.03. The topological polar surface area (TPSA) is 32.3 Å². The Labute approximate surface area is 91.6 Å². The summed E-state index contributed by atoms with van der Waals surface area (Å²) in [5.74, 6) is 0.663. The maximum atomic E-state index is 11.9. The maximum Gasteiger partial charge on any atom is 0.226 e. The lowest BCUT2D eigenvalue weighted by molar-refractivity contribution is -0.134. The zero-order valence-electron chi connectivity index (χ0n) is 8.50. The van der Waals surface area contributed by atoms with Crippen molar-refractivity contribution in [3.05, 3.63) is 0 Å². The summed E-state index contributed by atoms with van der Waals surface area (Å²) in [6.45, 7) is 3.98. The van der Waals surface area contributed by atoms with Gasteiger partial charge in [-0.25, -0.2) is 0 Å². The molecular weight excluding hydrogens is 200 g/mol. The number of halogens is 1. The Hall–Kier alpha value is -0.280. The van der Waals surface area contributed by atoms with Gasteiger partial charge in [-0.15, -0.1) is 12.4 Å². The lowest BCUT2D eigenvalue weighted by Gasteiger charge is -2.26. The third kappa shape index (κ3) is 2.61. The van der Waals surface area contributed by atoms with E-state index >= 15 is 0 Å². The van der Waals surface area contributed by atoms with E-state index < -0.39 is 0 Å². The Kier molecular flexibility index (Phi) is 4.69. The molecule has 1 atom stereocenters. The van der Waals surface area contributed by atoms with Gasteiger partial charge in [0, 0.05) is 19.6 Å². The second kappa shape index (κ2) is 5.56. The number of carbonyl (C=O) groups is 1. The summed E-state index contributed by atoms with van der Waals surface area (Å²) in [5.41, 5.74) is 0. The highest BCUT2D eigenvalue weighted by molar-refractivity contribution is 5.85. The Bertz CT molecular complexity index is 187. The van der Waals surface area contributed by atoms with Gasteiger partial charge in [0.25, 0.3) is 0 Å². The zero-order chi connectivity index (χ0) is 9.10. The van der Waals surface area contributed by atoms with Crippen LogP contribution in [0.5, 0.6) is 0 Å². The van der Waals surface area contributed by atoms with Crippen LogP contribution in [0.25, 0.3) is 0 Å². The molecule has 2 saturated heterocycles. The molecule has 2 aliphatic rings. The number of nitrogens with zero attached hydrogens (tertiary/aromatic N) is 1. The standard InChI is InChI=1S/C10H18N2O.ClH/c13-10(12-6-1-2-7-12)9-4-3-5-11-8-9;/h9,11H,1-8H2;1H/t9-;/m1./s1. The molecule has 0 aliphatic carbocycles. The minimum atomic E-state index is 0. The Morgan fingerprint density at radius 3 is 2.50 bits per heavy atom. The van der Waals surface area contributed by atoms with Gasteiger partial charge in [-0.05, 0) is 32.2 Å². The van der Waals surface area contributed by atoms with Crippen LogP contribution in [0.4, 0.5) is 0 Å². The number of likely N-dealkylation sites (tertiary alicyclic amines) is 1. The van der Waals surface area contributed by atoms with Crippen molar-refractivity contribution >= 4 is 18.3 Å². The van der Waals surface area contributed by atoms with Crippen LogP contribution in [0.2, 0.25) is 0 Å². The van der Waals surface area contributed by atoms with E-state index in [0.29, 0.717) is 5.91 Å². The van der Waals surface area contributed by atoms with Gasteiger partial charge >= 0.3 is 0 Å². The van der Waals surface area contributed by atoms with Gasteiger partial charge in [-0.2, -0.15) is 0 Å². The van der Waals surface area contributed by atoms with Crippen LogP contribution >= 0.6 is 12.4 Å². The second-order valence-corrected chi connectivity index (χ2v) is 4.08. The molecule has 2 aliphatic heterocycles. The van der Waals surface area contributed by atoms with Crippen molar-refractivity contribution in [3.63, 3.8) is 0 Å². The van der Waals surface area contributed by atoms with Crippen molar-refractivity contribution in [2.24, 2.45) is 5.92 Å². The van der Waals surface area contributed by atoms with Gasteiger partial charge in [0.05, 0.1) is 5.92 Å². The van der Waals surface area contributed by atoms with Gasteiger partial charge in [0.1, 0.15) is 0 Å². The highest BCUT2D eigenvalue weighted by atomic mass is 35.5. The highest BCUT2D eigenvalue weighted by Gasteiger charge is 2.27. The first-order valence-corrected chi connectivity index (χ1v) is 5.37. The van der Waals surface area contributed by atoms with Gasteiger partial charge in [-0.3, -0.25) is 4.79 Å². The average Bonchev–Trinajstić information content (AvgIpc) is 2.71. The predicted molar refractivity (Wildman–Crippen MR) is 58.7 cm³/mol. The van der Waals surface area contributed by atoms with Gasteiger partial charge in [-0.1, -0.05) is 0 Å². The van der Waals surface area contributed by atoms with Crippen molar-refractivity contribution in [2.45, 2.75) is 25.7 Å². The van der Waals surface area contributed by atoms with Crippen LogP contribution in [-0.2, 0) is 4.79 Å². The first-order chi connectivity index (χ1) is 6.38. The van der Waals surface area contributed by atoms with Crippen molar-refractivity contribution in [3.8, 4) is 0 Å². The van der Waals surface area contributed by atoms with Crippen molar-refractivity contribution in [2.75, 3.05) is 26.2 Å². The summed E-state index contributed by atoms with van der Waals surface area (Å²) in [5, 5.41) is 3.29. The minimum Gasteiger partial charge on any atom is -0.342 e. The molecule has 0 radical (unpaired) electrons. The number of hydrogen-bond donors (Lipinski definition) is 1. The number of amides is 1. The van der Waals surface area contributed by atoms with Gasteiger partial charge < -0.3 is 10.2 Å². The fourth-order valence-electron chi connectivity index (χ4n) is 2.26. The van der Waals surface area contributed by atoms with E-state index in [0.717, 1.165) is 39.0 Å². The molecule has 4 heteroatoms. The molecule has 3 nitrogen and oxygen atoms in total. The summed E-state index contributed by atoms with van der Waals surface area (Å²) >= 11 is 0. The lowest BCUT2D eigenvalue weighted by Crippen LogP contribution is -2.41. The third-order valence-corrected chi connectivity index (χ3v) is 3.06. The third-order valence-electron chi connectivity index (χ3n) is 3.06. The minimum absolute atomic E-state index is 0. The summed E-state index contributed by atoms with van der Waals surface area (Å²) in [6.07, 6.45) is 4.64. The second-order valence-electron chi connectivity index (χ2n) is 4.08. The fraction of sp³-hybridized carbons (Fsp3) is 0.900. The molecule has 0 aromatic rings. The molecule has 0 spiro atoms. The molecule has 1 N–H and O–H groups in total. The van der Waals surface area contributed by atoms with Crippen LogP contribution in [-0.4, -0.2) is 37.0 Å². The molecule has 2 rings (SSSR count). The number of nitrogens with one attached hydrogen (secondary N) is 1. The first-order valence-electron chi connectivity index (χ1n) is 5.37. The van der Waals surface area contributed by atoms with Crippen LogP contribution in [0.1, 0.15) is 25.7 Å². The first kappa shape index (κ1) is 11.8. The van der Waals surface area contributed by atoms with Crippen molar-refractivity contribution in [1.82, 2.24) is 10.2 Å². The highest BCUT2D eigenvalue weighted by Crippen LogP contribution is 2.17. The molecule has 0 aromatic heterocycles. The number of rotatable bonds is 1. The maximum absolute atomic E-state index is 11.9.